The van der Waals surface area contributed by atoms with Crippen LogP contribution in [0.1, 0.15) is 5.89 Å². The summed E-state index contributed by atoms with van der Waals surface area (Å²) in [6.45, 7) is 0.507. The van der Waals surface area contributed by atoms with E-state index in [0.717, 1.165) is 4.88 Å². The highest BCUT2D eigenvalue weighted by molar-refractivity contribution is 7.19. The lowest BCUT2D eigenvalue weighted by Gasteiger charge is -1.84. The highest BCUT2D eigenvalue weighted by Gasteiger charge is 2.09. The van der Waals surface area contributed by atoms with E-state index in [1.165, 1.54) is 11.3 Å². The molecule has 0 unspecified atom stereocenters. The van der Waals surface area contributed by atoms with Gasteiger partial charge in [-0.15, -0.1) is 11.3 Å². The third kappa shape index (κ3) is 1.95. The Morgan fingerprint density at radius 1 is 1.50 bits per heavy atom. The summed E-state index contributed by atoms with van der Waals surface area (Å²) in [5.74, 6) is 1.14. The zero-order valence-electron chi connectivity index (χ0n) is 7.24. The van der Waals surface area contributed by atoms with Crippen LogP contribution in [0.15, 0.2) is 16.7 Å². The van der Waals surface area contributed by atoms with Crippen LogP contribution in [0.3, 0.4) is 0 Å². The van der Waals surface area contributed by atoms with E-state index in [-0.39, 0.29) is 0 Å². The van der Waals surface area contributed by atoms with Crippen molar-refractivity contribution in [2.75, 3.05) is 6.54 Å². The molecule has 0 aliphatic heterocycles. The average Bonchev–Trinajstić information content (AvgIpc) is 2.74. The lowest BCUT2D eigenvalue weighted by atomic mass is 10.4. The summed E-state index contributed by atoms with van der Waals surface area (Å²) in [6.07, 6.45) is 0.603. The molecule has 2 N–H and O–H groups in total. The van der Waals surface area contributed by atoms with Gasteiger partial charge in [0.2, 0.25) is 11.7 Å². The number of hydrogen-bond donors (Lipinski definition) is 1. The topological polar surface area (TPSA) is 64.9 Å². The van der Waals surface area contributed by atoms with Gasteiger partial charge in [-0.25, -0.2) is 0 Å². The van der Waals surface area contributed by atoms with Crippen molar-refractivity contribution in [2.45, 2.75) is 6.42 Å². The maximum Gasteiger partial charge on any atom is 0.228 e. The Morgan fingerprint density at radius 2 is 2.36 bits per heavy atom. The second kappa shape index (κ2) is 4.08. The summed E-state index contributed by atoms with van der Waals surface area (Å²) in [6, 6.07) is 3.67. The van der Waals surface area contributed by atoms with Crippen molar-refractivity contribution in [1.82, 2.24) is 10.1 Å². The monoisotopic (exact) mass is 229 g/mol. The first-order valence-electron chi connectivity index (χ1n) is 4.08. The fourth-order valence-corrected chi connectivity index (χ4v) is 1.98. The highest BCUT2D eigenvalue weighted by Crippen LogP contribution is 2.28. The largest absolute Gasteiger partial charge is 0.339 e. The Labute approximate surface area is 89.7 Å². The molecule has 0 atom stereocenters. The number of nitrogens with zero attached hydrogens (tertiary/aromatic N) is 2. The third-order valence-electron chi connectivity index (χ3n) is 1.62. The second-order valence-electron chi connectivity index (χ2n) is 2.65. The van der Waals surface area contributed by atoms with Crippen LogP contribution < -0.4 is 5.73 Å². The van der Waals surface area contributed by atoms with Crippen molar-refractivity contribution < 1.29 is 4.52 Å². The van der Waals surface area contributed by atoms with Gasteiger partial charge in [0.25, 0.3) is 0 Å². The summed E-state index contributed by atoms with van der Waals surface area (Å²) in [7, 11) is 0. The molecular weight excluding hydrogens is 222 g/mol. The van der Waals surface area contributed by atoms with Crippen molar-refractivity contribution in [2.24, 2.45) is 5.73 Å². The molecule has 0 radical (unpaired) electrons. The molecule has 74 valence electrons. The lowest BCUT2D eigenvalue weighted by Crippen LogP contribution is -2.02. The second-order valence-corrected chi connectivity index (χ2v) is 4.37. The smallest absolute Gasteiger partial charge is 0.228 e. The van der Waals surface area contributed by atoms with Gasteiger partial charge in [-0.3, -0.25) is 0 Å². The molecule has 0 saturated carbocycles. The van der Waals surface area contributed by atoms with Crippen molar-refractivity contribution in [1.29, 1.82) is 0 Å². The molecule has 6 heteroatoms. The maximum absolute atomic E-state index is 5.79. The van der Waals surface area contributed by atoms with Crippen LogP contribution in [0.4, 0.5) is 0 Å². The SMILES string of the molecule is NCCc1nc(-c2ccc(Cl)s2)no1. The van der Waals surface area contributed by atoms with E-state index >= 15 is 0 Å². The molecule has 0 aromatic carbocycles. The Hall–Kier alpha value is -0.910. The fourth-order valence-electron chi connectivity index (χ4n) is 1.01. The molecule has 0 fully saturated rings. The van der Waals surface area contributed by atoms with Crippen LogP contribution in [-0.2, 0) is 6.42 Å². The zero-order valence-corrected chi connectivity index (χ0v) is 8.81. The van der Waals surface area contributed by atoms with Gasteiger partial charge in [-0.2, -0.15) is 4.98 Å². The van der Waals surface area contributed by atoms with Gasteiger partial charge < -0.3 is 10.3 Å². The van der Waals surface area contributed by atoms with Gasteiger partial charge in [0.1, 0.15) is 0 Å². The van der Waals surface area contributed by atoms with E-state index in [0.29, 0.717) is 29.0 Å². The Balaban J connectivity index is 2.24. The van der Waals surface area contributed by atoms with Crippen LogP contribution in [0.5, 0.6) is 0 Å². The molecule has 0 bridgehead atoms. The lowest BCUT2D eigenvalue weighted by molar-refractivity contribution is 0.380. The minimum Gasteiger partial charge on any atom is -0.339 e. The molecule has 2 heterocycles. The molecule has 2 aromatic heterocycles. The maximum atomic E-state index is 5.79. The molecule has 2 aromatic rings. The molecule has 0 aliphatic rings. The first-order chi connectivity index (χ1) is 6.79. The molecule has 0 aliphatic carbocycles. The summed E-state index contributed by atoms with van der Waals surface area (Å²) >= 11 is 7.21. The van der Waals surface area contributed by atoms with Gasteiger partial charge in [0.05, 0.1) is 9.21 Å². The molecular formula is C8H8ClN3OS. The van der Waals surface area contributed by atoms with Crippen molar-refractivity contribution in [3.8, 4) is 10.7 Å². The predicted molar refractivity (Wildman–Crippen MR) is 55.4 cm³/mol. The summed E-state index contributed by atoms with van der Waals surface area (Å²) < 4.78 is 5.70. The van der Waals surface area contributed by atoms with Gasteiger partial charge in [-0.1, -0.05) is 16.8 Å². The quantitative estimate of drug-likeness (QED) is 0.874. The average molecular weight is 230 g/mol. The molecule has 0 spiro atoms. The number of nitrogens with two attached hydrogens (primary N) is 1. The van der Waals surface area contributed by atoms with Crippen molar-refractivity contribution in [3.05, 3.63) is 22.4 Å². The summed E-state index contributed by atoms with van der Waals surface area (Å²) in [5.41, 5.74) is 5.37. The van der Waals surface area contributed by atoms with Gasteiger partial charge in [-0.05, 0) is 12.1 Å². The first kappa shape index (κ1) is 9.64. The predicted octanol–water partition coefficient (Wildman–Crippen LogP) is 1.95. The van der Waals surface area contributed by atoms with Gasteiger partial charge >= 0.3 is 0 Å². The minimum atomic E-state index is 0.507. The minimum absolute atomic E-state index is 0.507. The zero-order chi connectivity index (χ0) is 9.97. The van der Waals surface area contributed by atoms with Crippen LogP contribution in [-0.4, -0.2) is 16.7 Å². The van der Waals surface area contributed by atoms with E-state index in [1.807, 2.05) is 6.07 Å². The Morgan fingerprint density at radius 3 is 3.00 bits per heavy atom. The van der Waals surface area contributed by atoms with Crippen molar-refractivity contribution >= 4 is 22.9 Å². The number of rotatable bonds is 3. The standard InChI is InChI=1S/C8H8ClN3OS/c9-6-2-1-5(14-6)8-11-7(3-4-10)13-12-8/h1-2H,3-4,10H2. The molecule has 0 saturated heterocycles. The van der Waals surface area contributed by atoms with E-state index in [1.54, 1.807) is 6.07 Å². The normalized spacial score (nSPS) is 10.7. The Kier molecular flexibility index (Phi) is 2.81. The summed E-state index contributed by atoms with van der Waals surface area (Å²) in [4.78, 5) is 5.08. The number of aromatic nitrogens is 2. The number of halogens is 1. The summed E-state index contributed by atoms with van der Waals surface area (Å²) in [5, 5.41) is 3.83. The highest BCUT2D eigenvalue weighted by atomic mass is 35.5. The van der Waals surface area contributed by atoms with E-state index < -0.39 is 0 Å². The van der Waals surface area contributed by atoms with Gasteiger partial charge in [0.15, 0.2) is 0 Å². The fraction of sp³-hybridized carbons (Fsp3) is 0.250. The van der Waals surface area contributed by atoms with E-state index in [9.17, 15) is 0 Å². The van der Waals surface area contributed by atoms with Crippen LogP contribution in [0.25, 0.3) is 10.7 Å². The van der Waals surface area contributed by atoms with Gasteiger partial charge in [0, 0.05) is 13.0 Å². The van der Waals surface area contributed by atoms with Crippen LogP contribution in [0, 0.1) is 0 Å². The molecule has 0 amide bonds. The van der Waals surface area contributed by atoms with Crippen molar-refractivity contribution in [3.63, 3.8) is 0 Å². The number of hydrogen-bond acceptors (Lipinski definition) is 5. The first-order valence-corrected chi connectivity index (χ1v) is 5.27. The van der Waals surface area contributed by atoms with E-state index in [2.05, 4.69) is 10.1 Å². The molecule has 2 rings (SSSR count). The third-order valence-corrected chi connectivity index (χ3v) is 2.85. The molecule has 14 heavy (non-hydrogen) atoms. The van der Waals surface area contributed by atoms with Crippen LogP contribution in [0.2, 0.25) is 4.34 Å². The number of thiophene rings is 1. The van der Waals surface area contributed by atoms with Crippen LogP contribution >= 0.6 is 22.9 Å². The van der Waals surface area contributed by atoms with E-state index in [4.69, 9.17) is 21.9 Å². The molecule has 4 nitrogen and oxygen atoms in total. The Bertz CT molecular complexity index is 426.